The predicted molar refractivity (Wildman–Crippen MR) is 39.4 cm³/mol. The average molecular weight is 150 g/mol. The Kier molecular flexibility index (Phi) is 2.25. The van der Waals surface area contributed by atoms with Gasteiger partial charge in [-0.1, -0.05) is 12.1 Å². The Hall–Kier alpha value is -1.80. The number of aliphatic imine (C=N–C) groups is 1. The molecule has 0 radical (unpaired) electrons. The largest absolute Gasteiger partial charge is 0.506 e. The van der Waals surface area contributed by atoms with Crippen LogP contribution in [-0.4, -0.2) is 16.3 Å². The van der Waals surface area contributed by atoms with Crippen LogP contribution in [0.4, 0.5) is 5.69 Å². The molecule has 0 unspecified atom stereocenters. The van der Waals surface area contributed by atoms with Crippen molar-refractivity contribution in [2.24, 2.45) is 10.1 Å². The zero-order valence-corrected chi connectivity index (χ0v) is 5.60. The zero-order chi connectivity index (χ0) is 8.10. The number of rotatable bonds is 1. The standard InChI is InChI=1S/C7H6N2O2/c10-7-4-2-1-3-6(7)8-5-9-11/h1-4,10-11H. The van der Waals surface area contributed by atoms with Gasteiger partial charge in [-0.25, -0.2) is 0 Å². The van der Waals surface area contributed by atoms with Crippen molar-refractivity contribution in [3.05, 3.63) is 24.3 Å². The molecule has 0 aliphatic rings. The number of nitrogens with zero attached hydrogens (tertiary/aromatic N) is 2. The normalized spacial score (nSPS) is 8.36. The molecule has 0 aliphatic heterocycles. The Morgan fingerprint density at radius 1 is 1.27 bits per heavy atom. The van der Waals surface area contributed by atoms with Gasteiger partial charge < -0.3 is 10.3 Å². The Bertz CT molecular complexity index is 303. The molecule has 1 aromatic rings. The fourth-order valence-electron chi connectivity index (χ4n) is 0.635. The van der Waals surface area contributed by atoms with E-state index in [0.717, 1.165) is 0 Å². The second-order valence-corrected chi connectivity index (χ2v) is 1.80. The third kappa shape index (κ3) is 1.81. The van der Waals surface area contributed by atoms with Crippen molar-refractivity contribution in [3.8, 4) is 5.75 Å². The predicted octanol–water partition coefficient (Wildman–Crippen LogP) is 1.59. The first kappa shape index (κ1) is 7.31. The van der Waals surface area contributed by atoms with E-state index in [1.165, 1.54) is 6.07 Å². The van der Waals surface area contributed by atoms with Crippen LogP contribution in [0.3, 0.4) is 0 Å². The summed E-state index contributed by atoms with van der Waals surface area (Å²) in [6, 6.07) is 8.39. The van der Waals surface area contributed by atoms with Crippen LogP contribution in [-0.2, 0) is 0 Å². The number of aromatic hydroxyl groups is 1. The highest BCUT2D eigenvalue weighted by Gasteiger charge is 1.93. The monoisotopic (exact) mass is 150 g/mol. The van der Waals surface area contributed by atoms with Gasteiger partial charge in [0.15, 0.2) is 0 Å². The SMILES string of the molecule is ON=C=Nc1ccccc1O. The first-order valence-corrected chi connectivity index (χ1v) is 2.92. The third-order valence-corrected chi connectivity index (χ3v) is 1.10. The van der Waals surface area contributed by atoms with E-state index in [2.05, 4.69) is 10.1 Å². The number of phenolic OH excluding ortho intramolecular Hbond substituents is 1. The van der Waals surface area contributed by atoms with Crippen LogP contribution >= 0.6 is 0 Å². The highest BCUT2D eigenvalue weighted by molar-refractivity contribution is 5.58. The zero-order valence-electron chi connectivity index (χ0n) is 5.60. The van der Waals surface area contributed by atoms with Crippen LogP contribution in [0.2, 0.25) is 0 Å². The molecule has 1 rings (SSSR count). The molecular formula is C7H6N2O2. The van der Waals surface area contributed by atoms with Crippen molar-refractivity contribution < 1.29 is 10.3 Å². The van der Waals surface area contributed by atoms with Gasteiger partial charge in [0.05, 0.1) is 0 Å². The molecule has 1 aromatic carbocycles. The van der Waals surface area contributed by atoms with E-state index in [9.17, 15) is 0 Å². The lowest BCUT2D eigenvalue weighted by Gasteiger charge is -1.92. The summed E-state index contributed by atoms with van der Waals surface area (Å²) in [7, 11) is 0. The van der Waals surface area contributed by atoms with Crippen LogP contribution in [0, 0.1) is 0 Å². The summed E-state index contributed by atoms with van der Waals surface area (Å²) in [5, 5.41) is 19.6. The van der Waals surface area contributed by atoms with E-state index in [0.29, 0.717) is 5.69 Å². The minimum Gasteiger partial charge on any atom is -0.506 e. The highest BCUT2D eigenvalue weighted by atomic mass is 16.4. The van der Waals surface area contributed by atoms with E-state index < -0.39 is 0 Å². The second kappa shape index (κ2) is 3.39. The van der Waals surface area contributed by atoms with Crippen molar-refractivity contribution in [1.29, 1.82) is 0 Å². The molecule has 0 spiro atoms. The summed E-state index contributed by atoms with van der Waals surface area (Å²) in [4.78, 5) is 3.51. The second-order valence-electron chi connectivity index (χ2n) is 1.80. The number of hydrogen-bond donors (Lipinski definition) is 2. The Morgan fingerprint density at radius 2 is 2.00 bits per heavy atom. The van der Waals surface area contributed by atoms with Crippen LogP contribution < -0.4 is 0 Å². The number of benzene rings is 1. The maximum Gasteiger partial charge on any atom is 0.142 e. The molecule has 0 saturated carbocycles. The molecule has 0 aromatic heterocycles. The van der Waals surface area contributed by atoms with E-state index >= 15 is 0 Å². The quantitative estimate of drug-likeness (QED) is 0.362. The molecule has 4 nitrogen and oxygen atoms in total. The summed E-state index contributed by atoms with van der Waals surface area (Å²) in [5.74, 6) is 0.0312. The lowest BCUT2D eigenvalue weighted by Crippen LogP contribution is -1.65. The van der Waals surface area contributed by atoms with E-state index in [1.807, 2.05) is 6.01 Å². The van der Waals surface area contributed by atoms with Gasteiger partial charge >= 0.3 is 0 Å². The highest BCUT2D eigenvalue weighted by Crippen LogP contribution is 2.23. The van der Waals surface area contributed by atoms with Crippen LogP contribution in [0.15, 0.2) is 34.4 Å². The summed E-state index contributed by atoms with van der Waals surface area (Å²) in [6.07, 6.45) is 0. The van der Waals surface area contributed by atoms with E-state index in [4.69, 9.17) is 10.3 Å². The summed E-state index contributed by atoms with van der Waals surface area (Å²) >= 11 is 0. The maximum atomic E-state index is 9.08. The molecule has 0 bridgehead atoms. The van der Waals surface area contributed by atoms with Gasteiger partial charge in [0.25, 0.3) is 0 Å². The lowest BCUT2D eigenvalue weighted by molar-refractivity contribution is 0.322. The Labute approximate surface area is 63.1 Å². The number of para-hydroxylation sites is 2. The van der Waals surface area contributed by atoms with Gasteiger partial charge in [-0.3, -0.25) is 0 Å². The molecule has 0 amide bonds. The van der Waals surface area contributed by atoms with E-state index in [1.54, 1.807) is 18.2 Å². The Morgan fingerprint density at radius 3 is 2.64 bits per heavy atom. The fourth-order valence-corrected chi connectivity index (χ4v) is 0.635. The third-order valence-electron chi connectivity index (χ3n) is 1.10. The van der Waals surface area contributed by atoms with Crippen molar-refractivity contribution in [2.75, 3.05) is 0 Å². The smallest absolute Gasteiger partial charge is 0.142 e. The van der Waals surface area contributed by atoms with Crippen LogP contribution in [0.1, 0.15) is 0 Å². The van der Waals surface area contributed by atoms with Gasteiger partial charge in [0.2, 0.25) is 0 Å². The fraction of sp³-hybridized carbons (Fsp3) is 0. The van der Waals surface area contributed by atoms with Crippen molar-refractivity contribution in [1.82, 2.24) is 0 Å². The summed E-state index contributed by atoms with van der Waals surface area (Å²) in [5.41, 5.74) is 0.324. The molecule has 2 N–H and O–H groups in total. The molecule has 11 heavy (non-hydrogen) atoms. The summed E-state index contributed by atoms with van der Waals surface area (Å²) < 4.78 is 0. The van der Waals surface area contributed by atoms with Crippen molar-refractivity contribution in [3.63, 3.8) is 0 Å². The maximum absolute atomic E-state index is 9.08. The van der Waals surface area contributed by atoms with Crippen molar-refractivity contribution >= 4 is 11.7 Å². The van der Waals surface area contributed by atoms with Crippen LogP contribution in [0.5, 0.6) is 5.75 Å². The van der Waals surface area contributed by atoms with E-state index in [-0.39, 0.29) is 5.75 Å². The van der Waals surface area contributed by atoms with Crippen LogP contribution in [0.25, 0.3) is 0 Å². The minimum atomic E-state index is 0.0312. The van der Waals surface area contributed by atoms with Gasteiger partial charge in [0, 0.05) is 0 Å². The summed E-state index contributed by atoms with van der Waals surface area (Å²) in [6.45, 7) is 0. The number of phenols is 1. The minimum absolute atomic E-state index is 0.0312. The van der Waals surface area contributed by atoms with Gasteiger partial charge in [-0.15, -0.1) is 0 Å². The molecule has 0 atom stereocenters. The molecule has 0 saturated heterocycles. The first-order chi connectivity index (χ1) is 5.34. The van der Waals surface area contributed by atoms with Gasteiger partial charge in [-0.05, 0) is 17.3 Å². The molecule has 0 heterocycles. The van der Waals surface area contributed by atoms with Gasteiger partial charge in [0.1, 0.15) is 17.4 Å². The van der Waals surface area contributed by atoms with Crippen molar-refractivity contribution in [2.45, 2.75) is 0 Å². The number of hydrogen-bond acceptors (Lipinski definition) is 4. The molecule has 0 fully saturated rings. The molecular weight excluding hydrogens is 144 g/mol. The molecule has 56 valence electrons. The topological polar surface area (TPSA) is 65.2 Å². The molecule has 4 heteroatoms. The first-order valence-electron chi connectivity index (χ1n) is 2.92. The Balaban J connectivity index is 3.04. The average Bonchev–Trinajstić information content (AvgIpc) is 2.03. The lowest BCUT2D eigenvalue weighted by atomic mass is 10.3. The molecule has 0 aliphatic carbocycles. The van der Waals surface area contributed by atoms with Gasteiger partial charge in [-0.2, -0.15) is 4.99 Å².